The van der Waals surface area contributed by atoms with E-state index < -0.39 is 17.6 Å². The molecule has 1 atom stereocenters. The summed E-state index contributed by atoms with van der Waals surface area (Å²) in [5.41, 5.74) is 1.000. The highest BCUT2D eigenvalue weighted by atomic mass is 35.5. The fourth-order valence-corrected chi connectivity index (χ4v) is 4.13. The lowest BCUT2D eigenvalue weighted by atomic mass is 9.91. The van der Waals surface area contributed by atoms with Crippen LogP contribution < -0.4 is 5.32 Å². The molecule has 1 saturated heterocycles. The number of benzene rings is 2. The Morgan fingerprint density at radius 2 is 1.72 bits per heavy atom. The maximum Gasteiger partial charge on any atom is 0.242 e. The number of amides is 1. The van der Waals surface area contributed by atoms with E-state index in [2.05, 4.69) is 5.32 Å². The van der Waals surface area contributed by atoms with Crippen molar-refractivity contribution in [2.75, 3.05) is 6.54 Å². The summed E-state index contributed by atoms with van der Waals surface area (Å²) < 4.78 is 13.8. The van der Waals surface area contributed by atoms with Gasteiger partial charge in [0.05, 0.1) is 0 Å². The number of nitrogens with one attached hydrogen (secondary N) is 1. The summed E-state index contributed by atoms with van der Waals surface area (Å²) in [5.74, 6) is -1.51. The molecule has 1 fully saturated rings. The van der Waals surface area contributed by atoms with Crippen LogP contribution in [0.4, 0.5) is 4.39 Å². The lowest BCUT2D eigenvalue weighted by Crippen LogP contribution is -2.45. The average Bonchev–Trinajstić information content (AvgIpc) is 3.21. The third-order valence-corrected chi connectivity index (χ3v) is 5.64. The summed E-state index contributed by atoms with van der Waals surface area (Å²) in [5, 5.41) is 2.56. The van der Waals surface area contributed by atoms with Crippen LogP contribution in [0.15, 0.2) is 59.3 Å². The molecule has 1 N–H and O–H groups in total. The minimum absolute atomic E-state index is 0.0400. The average molecular weight is 413 g/mol. The van der Waals surface area contributed by atoms with Gasteiger partial charge in [-0.15, -0.1) is 0 Å². The molecule has 0 bridgehead atoms. The zero-order valence-electron chi connectivity index (χ0n) is 15.5. The minimum Gasteiger partial charge on any atom is -0.355 e. The van der Waals surface area contributed by atoms with Crippen molar-refractivity contribution in [2.45, 2.75) is 25.4 Å². The highest BCUT2D eigenvalue weighted by Gasteiger charge is 2.40. The third kappa shape index (κ3) is 3.44. The van der Waals surface area contributed by atoms with Gasteiger partial charge in [0, 0.05) is 29.8 Å². The Kier molecular flexibility index (Phi) is 5.20. The monoisotopic (exact) mass is 412 g/mol. The molecule has 4 rings (SSSR count). The molecule has 1 aliphatic heterocycles. The van der Waals surface area contributed by atoms with E-state index in [1.807, 2.05) is 0 Å². The SMILES string of the molecule is O=C1C(Cl)=C(N2CCC[C@H]2C(=O)NCc2ccccc2F)C(=O)c2ccccc21. The first-order valence-corrected chi connectivity index (χ1v) is 9.73. The Bertz CT molecular complexity index is 1050. The Hall–Kier alpha value is -2.99. The normalized spacial score (nSPS) is 18.8. The predicted molar refractivity (Wildman–Crippen MR) is 106 cm³/mol. The van der Waals surface area contributed by atoms with Crippen LogP contribution in [0.1, 0.15) is 39.1 Å². The quantitative estimate of drug-likeness (QED) is 0.835. The Morgan fingerprint density at radius 3 is 2.45 bits per heavy atom. The topological polar surface area (TPSA) is 66.5 Å². The molecule has 2 aliphatic rings. The standard InChI is InChI=1S/C22H18ClFN2O3/c23-18-19(21(28)15-8-3-2-7-14(15)20(18)27)26-11-5-10-17(26)22(29)25-12-13-6-1-4-9-16(13)24/h1-4,6-9,17H,5,10-12H2,(H,25,29)/t17-/m0/s1. The van der Waals surface area contributed by atoms with E-state index in [1.165, 1.54) is 6.07 Å². The van der Waals surface area contributed by atoms with Gasteiger partial charge in [-0.05, 0) is 18.9 Å². The Labute approximate surface area is 172 Å². The van der Waals surface area contributed by atoms with Crippen molar-refractivity contribution in [2.24, 2.45) is 0 Å². The number of carbonyl (C=O) groups is 3. The number of halogens is 2. The smallest absolute Gasteiger partial charge is 0.242 e. The molecule has 0 unspecified atom stereocenters. The number of likely N-dealkylation sites (tertiary alicyclic amines) is 1. The molecule has 7 heteroatoms. The fraction of sp³-hybridized carbons (Fsp3) is 0.227. The van der Waals surface area contributed by atoms with Gasteiger partial charge in [0.15, 0.2) is 0 Å². The number of allylic oxidation sites excluding steroid dienone is 2. The van der Waals surface area contributed by atoms with Gasteiger partial charge in [-0.25, -0.2) is 4.39 Å². The lowest BCUT2D eigenvalue weighted by Gasteiger charge is -2.30. The lowest BCUT2D eigenvalue weighted by molar-refractivity contribution is -0.125. The summed E-state index contributed by atoms with van der Waals surface area (Å²) in [7, 11) is 0. The zero-order chi connectivity index (χ0) is 20.5. The molecular weight excluding hydrogens is 395 g/mol. The van der Waals surface area contributed by atoms with Gasteiger partial charge in [0.25, 0.3) is 0 Å². The van der Waals surface area contributed by atoms with Crippen LogP contribution in [0.2, 0.25) is 0 Å². The van der Waals surface area contributed by atoms with Gasteiger partial charge in [-0.2, -0.15) is 0 Å². The van der Waals surface area contributed by atoms with E-state index in [9.17, 15) is 18.8 Å². The van der Waals surface area contributed by atoms with Crippen molar-refractivity contribution < 1.29 is 18.8 Å². The number of carbonyl (C=O) groups excluding carboxylic acids is 3. The van der Waals surface area contributed by atoms with E-state index in [0.717, 1.165) is 0 Å². The van der Waals surface area contributed by atoms with E-state index >= 15 is 0 Å². The highest BCUT2D eigenvalue weighted by molar-refractivity contribution is 6.49. The Morgan fingerprint density at radius 1 is 1.07 bits per heavy atom. The molecule has 29 heavy (non-hydrogen) atoms. The summed E-state index contributed by atoms with van der Waals surface area (Å²) in [6.07, 6.45) is 1.19. The largest absolute Gasteiger partial charge is 0.355 e. The van der Waals surface area contributed by atoms with E-state index in [-0.39, 0.29) is 40.1 Å². The van der Waals surface area contributed by atoms with E-state index in [4.69, 9.17) is 11.6 Å². The summed E-state index contributed by atoms with van der Waals surface area (Å²) in [6.45, 7) is 0.475. The molecule has 1 heterocycles. The molecule has 1 amide bonds. The minimum atomic E-state index is -0.646. The molecule has 0 spiro atoms. The van der Waals surface area contributed by atoms with E-state index in [1.54, 1.807) is 47.4 Å². The summed E-state index contributed by atoms with van der Waals surface area (Å²) in [6, 6.07) is 12.1. The maximum absolute atomic E-state index is 13.8. The number of fused-ring (bicyclic) bond motifs is 1. The third-order valence-electron chi connectivity index (χ3n) is 5.29. The molecule has 148 valence electrons. The molecular formula is C22H18ClFN2O3. The number of Topliss-reactive ketones (excluding diaryl/α,β-unsaturated/α-hetero) is 2. The van der Waals surface area contributed by atoms with Gasteiger partial charge in [-0.1, -0.05) is 54.1 Å². The molecule has 1 aliphatic carbocycles. The molecule has 0 saturated carbocycles. The second-order valence-electron chi connectivity index (χ2n) is 7.03. The molecule has 0 aromatic heterocycles. The van der Waals surface area contributed by atoms with Gasteiger partial charge in [0.1, 0.15) is 22.6 Å². The second-order valence-corrected chi connectivity index (χ2v) is 7.41. The molecule has 0 radical (unpaired) electrons. The Balaban J connectivity index is 1.57. The number of hydrogen-bond acceptors (Lipinski definition) is 4. The first-order chi connectivity index (χ1) is 14.0. The van der Waals surface area contributed by atoms with Crippen LogP contribution >= 0.6 is 11.6 Å². The highest BCUT2D eigenvalue weighted by Crippen LogP contribution is 2.34. The number of ketones is 2. The maximum atomic E-state index is 13.8. The van der Waals surface area contributed by atoms with Crippen molar-refractivity contribution >= 4 is 29.1 Å². The number of nitrogens with zero attached hydrogens (tertiary/aromatic N) is 1. The van der Waals surface area contributed by atoms with Crippen molar-refractivity contribution in [3.05, 3.63) is 81.8 Å². The van der Waals surface area contributed by atoms with Crippen LogP contribution in [0.25, 0.3) is 0 Å². The number of rotatable bonds is 4. The second kappa shape index (κ2) is 7.79. The van der Waals surface area contributed by atoms with Crippen molar-refractivity contribution in [3.8, 4) is 0 Å². The molecule has 2 aromatic rings. The first kappa shape index (κ1) is 19.3. The summed E-state index contributed by atoms with van der Waals surface area (Å²) in [4.78, 5) is 40.1. The van der Waals surface area contributed by atoms with Crippen LogP contribution in [0.5, 0.6) is 0 Å². The van der Waals surface area contributed by atoms with Gasteiger partial charge < -0.3 is 10.2 Å². The van der Waals surface area contributed by atoms with Gasteiger partial charge in [0.2, 0.25) is 17.5 Å². The number of hydrogen-bond donors (Lipinski definition) is 1. The fourth-order valence-electron chi connectivity index (χ4n) is 3.84. The van der Waals surface area contributed by atoms with Crippen LogP contribution in [0, 0.1) is 5.82 Å². The van der Waals surface area contributed by atoms with Gasteiger partial charge in [-0.3, -0.25) is 14.4 Å². The van der Waals surface area contributed by atoms with Crippen LogP contribution in [-0.4, -0.2) is 35.0 Å². The van der Waals surface area contributed by atoms with Gasteiger partial charge >= 0.3 is 0 Å². The molecule has 5 nitrogen and oxygen atoms in total. The predicted octanol–water partition coefficient (Wildman–Crippen LogP) is 3.44. The van der Waals surface area contributed by atoms with E-state index in [0.29, 0.717) is 24.9 Å². The zero-order valence-corrected chi connectivity index (χ0v) is 16.2. The first-order valence-electron chi connectivity index (χ1n) is 9.35. The molecule has 2 aromatic carbocycles. The van der Waals surface area contributed by atoms with Crippen molar-refractivity contribution in [3.63, 3.8) is 0 Å². The van der Waals surface area contributed by atoms with Crippen LogP contribution in [0.3, 0.4) is 0 Å². The summed E-state index contributed by atoms with van der Waals surface area (Å²) >= 11 is 6.29. The van der Waals surface area contributed by atoms with Crippen molar-refractivity contribution in [1.82, 2.24) is 10.2 Å². The van der Waals surface area contributed by atoms with Crippen molar-refractivity contribution in [1.29, 1.82) is 0 Å². The van der Waals surface area contributed by atoms with Crippen LogP contribution in [-0.2, 0) is 11.3 Å².